The lowest BCUT2D eigenvalue weighted by molar-refractivity contribution is 0.556. The van der Waals surface area contributed by atoms with Gasteiger partial charge >= 0.3 is 0 Å². The molecule has 0 N–H and O–H groups in total. The number of isocyanates is 1. The quantitative estimate of drug-likeness (QED) is 0.579. The number of hydrogen-bond donors (Lipinski definition) is 0. The second-order valence-electron chi connectivity index (χ2n) is 4.63. The van der Waals surface area contributed by atoms with Crippen LogP contribution < -0.4 is 0 Å². The number of nitrogens with zero attached hydrogens (tertiary/aromatic N) is 1. The number of benzene rings is 1. The normalized spacial score (nSPS) is 17.0. The summed E-state index contributed by atoms with van der Waals surface area (Å²) in [6.45, 7) is 4.22. The fourth-order valence-electron chi connectivity index (χ4n) is 1.96. The van der Waals surface area contributed by atoms with Gasteiger partial charge in [-0.3, -0.25) is 0 Å². The van der Waals surface area contributed by atoms with E-state index in [0.717, 1.165) is 29.0 Å². The summed E-state index contributed by atoms with van der Waals surface area (Å²) in [5.41, 5.74) is 1.85. The Balaban J connectivity index is 2.39. The fourth-order valence-corrected chi connectivity index (χ4v) is 2.35. The first-order valence-corrected chi connectivity index (χ1v) is 5.86. The molecule has 2 rings (SSSR count). The SMILES string of the molecule is CC(C)c1ccc(C2(N=C=O)CC2)cc1Cl. The summed E-state index contributed by atoms with van der Waals surface area (Å²) < 4.78 is 0. The molecule has 0 unspecified atom stereocenters. The molecule has 3 heteroatoms. The van der Waals surface area contributed by atoms with Gasteiger partial charge in [-0.25, -0.2) is 4.79 Å². The van der Waals surface area contributed by atoms with E-state index in [-0.39, 0.29) is 5.54 Å². The molecule has 0 radical (unpaired) electrons. The molecule has 1 aliphatic carbocycles. The number of halogens is 1. The number of hydrogen-bond acceptors (Lipinski definition) is 2. The lowest BCUT2D eigenvalue weighted by Gasteiger charge is -2.13. The van der Waals surface area contributed by atoms with Crippen LogP contribution in [0.5, 0.6) is 0 Å². The van der Waals surface area contributed by atoms with Crippen LogP contribution in [0.3, 0.4) is 0 Å². The molecule has 0 saturated heterocycles. The molecule has 0 atom stereocenters. The van der Waals surface area contributed by atoms with Crippen LogP contribution in [0.1, 0.15) is 43.7 Å². The minimum atomic E-state index is -0.319. The van der Waals surface area contributed by atoms with Crippen molar-refractivity contribution in [3.8, 4) is 0 Å². The van der Waals surface area contributed by atoms with Crippen LogP contribution in [0, 0.1) is 0 Å². The topological polar surface area (TPSA) is 29.4 Å². The third-order valence-electron chi connectivity index (χ3n) is 3.14. The van der Waals surface area contributed by atoms with Crippen LogP contribution in [0.25, 0.3) is 0 Å². The van der Waals surface area contributed by atoms with Crippen LogP contribution in [0.2, 0.25) is 5.02 Å². The number of rotatable bonds is 3. The molecule has 0 aliphatic heterocycles. The minimum Gasteiger partial charge on any atom is -0.211 e. The maximum Gasteiger partial charge on any atom is 0.235 e. The van der Waals surface area contributed by atoms with Crippen LogP contribution in [-0.4, -0.2) is 6.08 Å². The van der Waals surface area contributed by atoms with Crippen molar-refractivity contribution in [2.75, 3.05) is 0 Å². The molecule has 1 aromatic rings. The standard InChI is InChI=1S/C13H14ClNO/c1-9(2)11-4-3-10(7-12(11)14)13(5-6-13)15-8-16/h3-4,7,9H,5-6H2,1-2H3. The molecule has 1 aromatic carbocycles. The Kier molecular flexibility index (Phi) is 2.88. The maximum atomic E-state index is 10.4. The Labute approximate surface area is 100 Å². The maximum absolute atomic E-state index is 10.4. The predicted molar refractivity (Wildman–Crippen MR) is 64.6 cm³/mol. The molecule has 0 amide bonds. The van der Waals surface area contributed by atoms with Crippen molar-refractivity contribution in [3.63, 3.8) is 0 Å². The smallest absolute Gasteiger partial charge is 0.211 e. The van der Waals surface area contributed by atoms with Gasteiger partial charge in [0, 0.05) is 5.02 Å². The van der Waals surface area contributed by atoms with Crippen molar-refractivity contribution in [2.24, 2.45) is 4.99 Å². The summed E-state index contributed by atoms with van der Waals surface area (Å²) in [4.78, 5) is 14.3. The molecule has 16 heavy (non-hydrogen) atoms. The Morgan fingerprint density at radius 2 is 2.12 bits per heavy atom. The van der Waals surface area contributed by atoms with Gasteiger partial charge in [-0.05, 0) is 36.0 Å². The van der Waals surface area contributed by atoms with Gasteiger partial charge in [0.05, 0.1) is 5.54 Å². The van der Waals surface area contributed by atoms with Crippen molar-refractivity contribution in [1.82, 2.24) is 0 Å². The average Bonchev–Trinajstić information content (AvgIpc) is 2.99. The minimum absolute atomic E-state index is 0.319. The Morgan fingerprint density at radius 3 is 2.56 bits per heavy atom. The lowest BCUT2D eigenvalue weighted by atomic mass is 9.98. The largest absolute Gasteiger partial charge is 0.235 e. The van der Waals surface area contributed by atoms with Gasteiger partial charge in [0.1, 0.15) is 0 Å². The highest BCUT2D eigenvalue weighted by Crippen LogP contribution is 2.50. The number of aliphatic imine (C=N–C) groups is 1. The molecule has 84 valence electrons. The highest BCUT2D eigenvalue weighted by Gasteiger charge is 2.44. The average molecular weight is 236 g/mol. The summed E-state index contributed by atoms with van der Waals surface area (Å²) >= 11 is 6.22. The first kappa shape index (κ1) is 11.4. The molecule has 1 fully saturated rings. The van der Waals surface area contributed by atoms with Crippen LogP contribution in [-0.2, 0) is 10.3 Å². The third-order valence-corrected chi connectivity index (χ3v) is 3.47. The van der Waals surface area contributed by atoms with Gasteiger partial charge < -0.3 is 0 Å². The first-order chi connectivity index (χ1) is 7.59. The van der Waals surface area contributed by atoms with E-state index in [9.17, 15) is 4.79 Å². The van der Waals surface area contributed by atoms with Crippen molar-refractivity contribution in [2.45, 2.75) is 38.1 Å². The lowest BCUT2D eigenvalue weighted by Crippen LogP contribution is -2.03. The van der Waals surface area contributed by atoms with E-state index >= 15 is 0 Å². The van der Waals surface area contributed by atoms with E-state index in [1.807, 2.05) is 18.2 Å². The first-order valence-electron chi connectivity index (χ1n) is 5.48. The summed E-state index contributed by atoms with van der Waals surface area (Å²) in [6.07, 6.45) is 3.49. The molecule has 0 bridgehead atoms. The van der Waals surface area contributed by atoms with Crippen molar-refractivity contribution in [1.29, 1.82) is 0 Å². The molecular formula is C13H14ClNO. The zero-order chi connectivity index (χ0) is 11.8. The van der Waals surface area contributed by atoms with E-state index in [4.69, 9.17) is 11.6 Å². The van der Waals surface area contributed by atoms with E-state index < -0.39 is 0 Å². The van der Waals surface area contributed by atoms with E-state index in [1.54, 1.807) is 6.08 Å². The van der Waals surface area contributed by atoms with Gasteiger partial charge in [0.2, 0.25) is 6.08 Å². The summed E-state index contributed by atoms with van der Waals surface area (Å²) in [6, 6.07) is 5.99. The van der Waals surface area contributed by atoms with E-state index in [2.05, 4.69) is 18.8 Å². The van der Waals surface area contributed by atoms with Crippen molar-refractivity contribution >= 4 is 17.7 Å². The molecular weight excluding hydrogens is 222 g/mol. The van der Waals surface area contributed by atoms with Crippen LogP contribution in [0.4, 0.5) is 0 Å². The summed E-state index contributed by atoms with van der Waals surface area (Å²) in [5, 5.41) is 0.764. The highest BCUT2D eigenvalue weighted by atomic mass is 35.5. The molecule has 1 saturated carbocycles. The van der Waals surface area contributed by atoms with Gasteiger partial charge in [0.15, 0.2) is 0 Å². The monoisotopic (exact) mass is 235 g/mol. The summed E-state index contributed by atoms with van der Waals surface area (Å²) in [7, 11) is 0. The molecule has 2 nitrogen and oxygen atoms in total. The van der Waals surface area contributed by atoms with Crippen molar-refractivity contribution in [3.05, 3.63) is 34.3 Å². The predicted octanol–water partition coefficient (Wildman–Crippen LogP) is 3.79. The molecule has 0 heterocycles. The second kappa shape index (κ2) is 4.04. The van der Waals surface area contributed by atoms with E-state index in [0.29, 0.717) is 5.92 Å². The fraction of sp³-hybridized carbons (Fsp3) is 0.462. The molecule has 1 aliphatic rings. The van der Waals surface area contributed by atoms with Crippen molar-refractivity contribution < 1.29 is 4.79 Å². The number of carbonyl (C=O) groups excluding carboxylic acids is 1. The second-order valence-corrected chi connectivity index (χ2v) is 5.03. The van der Waals surface area contributed by atoms with Crippen LogP contribution in [0.15, 0.2) is 23.2 Å². The third kappa shape index (κ3) is 1.91. The Bertz CT molecular complexity index is 457. The van der Waals surface area contributed by atoms with Gasteiger partial charge in [-0.2, -0.15) is 4.99 Å². The highest BCUT2D eigenvalue weighted by molar-refractivity contribution is 6.31. The summed E-state index contributed by atoms with van der Waals surface area (Å²) in [5.74, 6) is 0.409. The van der Waals surface area contributed by atoms with Gasteiger partial charge in [-0.1, -0.05) is 37.6 Å². The van der Waals surface area contributed by atoms with Gasteiger partial charge in [-0.15, -0.1) is 0 Å². The molecule has 0 aromatic heterocycles. The molecule has 0 spiro atoms. The van der Waals surface area contributed by atoms with Gasteiger partial charge in [0.25, 0.3) is 0 Å². The zero-order valence-electron chi connectivity index (χ0n) is 9.46. The van der Waals surface area contributed by atoms with E-state index in [1.165, 1.54) is 0 Å². The van der Waals surface area contributed by atoms with Crippen LogP contribution >= 0.6 is 11.6 Å². The Morgan fingerprint density at radius 1 is 1.44 bits per heavy atom. The zero-order valence-corrected chi connectivity index (χ0v) is 10.2. The Hall–Kier alpha value is -1.11.